The Morgan fingerprint density at radius 1 is 1.25 bits per heavy atom. The molecule has 20 heavy (non-hydrogen) atoms. The van der Waals surface area contributed by atoms with Crippen molar-refractivity contribution >= 4 is 5.91 Å². The molecular formula is C16H31N3O. The average molecular weight is 281 g/mol. The number of likely N-dealkylation sites (N-methyl/N-ethyl adjacent to an activating group) is 1. The third-order valence-electron chi connectivity index (χ3n) is 4.53. The van der Waals surface area contributed by atoms with E-state index in [1.807, 2.05) is 0 Å². The quantitative estimate of drug-likeness (QED) is 0.771. The molecule has 1 N–H and O–H groups in total. The van der Waals surface area contributed by atoms with Gasteiger partial charge in [-0.15, -0.1) is 0 Å². The van der Waals surface area contributed by atoms with Gasteiger partial charge in [-0.25, -0.2) is 0 Å². The number of hydrogen-bond acceptors (Lipinski definition) is 3. The fourth-order valence-electron chi connectivity index (χ4n) is 3.06. The smallest absolute Gasteiger partial charge is 0.236 e. The fourth-order valence-corrected chi connectivity index (χ4v) is 3.06. The first-order valence-corrected chi connectivity index (χ1v) is 8.35. The summed E-state index contributed by atoms with van der Waals surface area (Å²) in [7, 11) is 0. The second kappa shape index (κ2) is 7.41. The van der Waals surface area contributed by atoms with E-state index in [1.165, 1.54) is 25.7 Å². The Labute approximate surface area is 123 Å². The van der Waals surface area contributed by atoms with Gasteiger partial charge in [-0.05, 0) is 58.2 Å². The molecule has 1 aliphatic carbocycles. The van der Waals surface area contributed by atoms with E-state index in [4.69, 9.17) is 0 Å². The van der Waals surface area contributed by atoms with Crippen LogP contribution < -0.4 is 5.32 Å². The summed E-state index contributed by atoms with van der Waals surface area (Å²) < 4.78 is 0. The lowest BCUT2D eigenvalue weighted by Gasteiger charge is -2.33. The van der Waals surface area contributed by atoms with Crippen molar-refractivity contribution in [2.24, 2.45) is 5.92 Å². The maximum absolute atomic E-state index is 12.3. The zero-order valence-electron chi connectivity index (χ0n) is 13.4. The molecule has 0 spiro atoms. The highest BCUT2D eigenvalue weighted by atomic mass is 16.2. The molecule has 2 rings (SSSR count). The van der Waals surface area contributed by atoms with Crippen LogP contribution in [0.5, 0.6) is 0 Å². The van der Waals surface area contributed by atoms with E-state index in [-0.39, 0.29) is 0 Å². The SMILES string of the molecule is CCN(C(=O)CN1CCC(CNC(C)C)CC1)C1CC1. The molecule has 1 amide bonds. The van der Waals surface area contributed by atoms with Crippen molar-refractivity contribution < 1.29 is 4.79 Å². The van der Waals surface area contributed by atoms with E-state index in [2.05, 4.69) is 35.9 Å². The van der Waals surface area contributed by atoms with Crippen LogP contribution in [-0.4, -0.2) is 60.5 Å². The molecule has 2 aliphatic rings. The van der Waals surface area contributed by atoms with Gasteiger partial charge in [0.15, 0.2) is 0 Å². The van der Waals surface area contributed by atoms with Crippen LogP contribution in [0.3, 0.4) is 0 Å². The van der Waals surface area contributed by atoms with E-state index in [0.717, 1.165) is 32.1 Å². The highest BCUT2D eigenvalue weighted by molar-refractivity contribution is 5.78. The van der Waals surface area contributed by atoms with Crippen LogP contribution in [-0.2, 0) is 4.79 Å². The molecule has 4 nitrogen and oxygen atoms in total. The predicted molar refractivity (Wildman–Crippen MR) is 82.7 cm³/mol. The van der Waals surface area contributed by atoms with Crippen molar-refractivity contribution in [1.82, 2.24) is 15.1 Å². The van der Waals surface area contributed by atoms with Gasteiger partial charge in [-0.2, -0.15) is 0 Å². The minimum Gasteiger partial charge on any atom is -0.339 e. The van der Waals surface area contributed by atoms with Gasteiger partial charge < -0.3 is 10.2 Å². The molecule has 0 bridgehead atoms. The number of hydrogen-bond donors (Lipinski definition) is 1. The summed E-state index contributed by atoms with van der Waals surface area (Å²) in [5.74, 6) is 1.13. The number of carbonyl (C=O) groups excluding carboxylic acids is 1. The van der Waals surface area contributed by atoms with Crippen LogP contribution in [0.2, 0.25) is 0 Å². The first-order chi connectivity index (χ1) is 9.60. The Morgan fingerprint density at radius 2 is 1.90 bits per heavy atom. The molecule has 0 radical (unpaired) electrons. The number of amides is 1. The van der Waals surface area contributed by atoms with Crippen LogP contribution >= 0.6 is 0 Å². The summed E-state index contributed by atoms with van der Waals surface area (Å²) >= 11 is 0. The van der Waals surface area contributed by atoms with Crippen LogP contribution in [0.25, 0.3) is 0 Å². The van der Waals surface area contributed by atoms with Gasteiger partial charge in [0.25, 0.3) is 0 Å². The molecule has 1 saturated heterocycles. The number of nitrogens with one attached hydrogen (secondary N) is 1. The number of likely N-dealkylation sites (tertiary alicyclic amines) is 1. The largest absolute Gasteiger partial charge is 0.339 e. The van der Waals surface area contributed by atoms with Crippen molar-refractivity contribution in [3.05, 3.63) is 0 Å². The Hall–Kier alpha value is -0.610. The summed E-state index contributed by atoms with van der Waals surface area (Å²) in [5, 5.41) is 3.53. The summed E-state index contributed by atoms with van der Waals surface area (Å²) in [6.07, 6.45) is 4.87. The molecule has 2 fully saturated rings. The van der Waals surface area contributed by atoms with Gasteiger partial charge >= 0.3 is 0 Å². The third-order valence-corrected chi connectivity index (χ3v) is 4.53. The fraction of sp³-hybridized carbons (Fsp3) is 0.938. The second-order valence-corrected chi connectivity index (χ2v) is 6.69. The Bertz CT molecular complexity index is 307. The van der Waals surface area contributed by atoms with Crippen molar-refractivity contribution in [2.75, 3.05) is 32.7 Å². The Balaban J connectivity index is 1.67. The lowest BCUT2D eigenvalue weighted by molar-refractivity contribution is -0.133. The number of carbonyl (C=O) groups is 1. The summed E-state index contributed by atoms with van der Waals surface area (Å²) in [5.41, 5.74) is 0. The van der Waals surface area contributed by atoms with Gasteiger partial charge in [0.1, 0.15) is 0 Å². The molecule has 1 saturated carbocycles. The zero-order chi connectivity index (χ0) is 14.5. The lowest BCUT2D eigenvalue weighted by Crippen LogP contribution is -2.45. The van der Waals surface area contributed by atoms with Crippen molar-refractivity contribution in [1.29, 1.82) is 0 Å². The average Bonchev–Trinajstić information content (AvgIpc) is 3.23. The molecule has 0 aromatic heterocycles. The second-order valence-electron chi connectivity index (χ2n) is 6.69. The molecule has 0 atom stereocenters. The third kappa shape index (κ3) is 4.74. The normalized spacial score (nSPS) is 21.4. The molecule has 1 aliphatic heterocycles. The van der Waals surface area contributed by atoms with E-state index in [9.17, 15) is 4.79 Å². The molecule has 0 aromatic carbocycles. The highest BCUT2D eigenvalue weighted by Crippen LogP contribution is 2.27. The number of rotatable bonds is 7. The van der Waals surface area contributed by atoms with E-state index < -0.39 is 0 Å². The molecule has 0 aromatic rings. The first kappa shape index (κ1) is 15.8. The van der Waals surface area contributed by atoms with Gasteiger partial charge in [-0.1, -0.05) is 13.8 Å². The molecule has 116 valence electrons. The van der Waals surface area contributed by atoms with E-state index >= 15 is 0 Å². The van der Waals surface area contributed by atoms with E-state index in [1.54, 1.807) is 0 Å². The topological polar surface area (TPSA) is 35.6 Å². The molecule has 4 heteroatoms. The van der Waals surface area contributed by atoms with Crippen molar-refractivity contribution in [3.8, 4) is 0 Å². The molecular weight excluding hydrogens is 250 g/mol. The van der Waals surface area contributed by atoms with Crippen LogP contribution in [0.4, 0.5) is 0 Å². The standard InChI is InChI=1S/C16H31N3O/c1-4-19(15-5-6-15)16(20)12-18-9-7-14(8-10-18)11-17-13(2)3/h13-15,17H,4-12H2,1-3H3. The van der Waals surface area contributed by atoms with Gasteiger partial charge in [0, 0.05) is 18.6 Å². The lowest BCUT2D eigenvalue weighted by atomic mass is 9.96. The molecule has 0 unspecified atom stereocenters. The van der Waals surface area contributed by atoms with Crippen molar-refractivity contribution in [2.45, 2.75) is 58.5 Å². The minimum absolute atomic E-state index is 0.341. The molecule has 1 heterocycles. The van der Waals surface area contributed by atoms with Crippen LogP contribution in [0.15, 0.2) is 0 Å². The monoisotopic (exact) mass is 281 g/mol. The van der Waals surface area contributed by atoms with Crippen LogP contribution in [0.1, 0.15) is 46.5 Å². The van der Waals surface area contributed by atoms with Gasteiger partial charge in [0.2, 0.25) is 5.91 Å². The van der Waals surface area contributed by atoms with Crippen LogP contribution in [0, 0.1) is 5.92 Å². The van der Waals surface area contributed by atoms with Crippen molar-refractivity contribution in [3.63, 3.8) is 0 Å². The zero-order valence-corrected chi connectivity index (χ0v) is 13.4. The maximum atomic E-state index is 12.3. The maximum Gasteiger partial charge on any atom is 0.236 e. The Morgan fingerprint density at radius 3 is 2.40 bits per heavy atom. The summed E-state index contributed by atoms with van der Waals surface area (Å²) in [6.45, 7) is 11.3. The highest BCUT2D eigenvalue weighted by Gasteiger charge is 2.32. The predicted octanol–water partition coefficient (Wildman–Crippen LogP) is 1.71. The number of piperidine rings is 1. The minimum atomic E-state index is 0.341. The van der Waals surface area contributed by atoms with Gasteiger partial charge in [-0.3, -0.25) is 9.69 Å². The number of nitrogens with zero attached hydrogens (tertiary/aromatic N) is 2. The Kier molecular flexibility index (Phi) is 5.85. The van der Waals surface area contributed by atoms with E-state index in [0.29, 0.717) is 24.5 Å². The van der Waals surface area contributed by atoms with Gasteiger partial charge in [0.05, 0.1) is 6.54 Å². The summed E-state index contributed by atoms with van der Waals surface area (Å²) in [6, 6.07) is 1.13. The first-order valence-electron chi connectivity index (χ1n) is 8.35. The summed E-state index contributed by atoms with van der Waals surface area (Å²) in [4.78, 5) is 16.7.